The summed E-state index contributed by atoms with van der Waals surface area (Å²) in [5.74, 6) is -0.0742. The van der Waals surface area contributed by atoms with E-state index in [0.29, 0.717) is 22.7 Å². The maximum Gasteiger partial charge on any atom is 0.267 e. The van der Waals surface area contributed by atoms with Gasteiger partial charge in [0.2, 0.25) is 5.91 Å². The summed E-state index contributed by atoms with van der Waals surface area (Å²) in [6, 6.07) is 15.4. The van der Waals surface area contributed by atoms with Gasteiger partial charge in [0.25, 0.3) is 5.56 Å². The van der Waals surface area contributed by atoms with Crippen molar-refractivity contribution in [1.29, 1.82) is 0 Å². The Hall–Kier alpha value is -3.48. The lowest BCUT2D eigenvalue weighted by Crippen LogP contribution is -2.29. The molecule has 3 rings (SSSR count). The number of nitrogens with one attached hydrogen (secondary N) is 1. The second-order valence-corrected chi connectivity index (χ2v) is 5.50. The van der Waals surface area contributed by atoms with Crippen LogP contribution in [0.2, 0.25) is 0 Å². The van der Waals surface area contributed by atoms with E-state index >= 15 is 0 Å². The summed E-state index contributed by atoms with van der Waals surface area (Å²) < 4.78 is 19.2. The Bertz CT molecular complexity index is 967. The van der Waals surface area contributed by atoms with E-state index in [-0.39, 0.29) is 18.3 Å². The van der Waals surface area contributed by atoms with Crippen molar-refractivity contribution >= 4 is 11.6 Å². The minimum atomic E-state index is -0.402. The van der Waals surface area contributed by atoms with Crippen LogP contribution < -0.4 is 15.6 Å². The van der Waals surface area contributed by atoms with Crippen molar-refractivity contribution in [2.24, 2.45) is 0 Å². The molecule has 2 aromatic carbocycles. The number of carbonyl (C=O) groups is 1. The van der Waals surface area contributed by atoms with Gasteiger partial charge < -0.3 is 10.1 Å². The quantitative estimate of drug-likeness (QED) is 0.765. The average Bonchev–Trinajstić information content (AvgIpc) is 2.65. The Kier molecular flexibility index (Phi) is 5.07. The predicted octanol–water partition coefficient (Wildman–Crippen LogP) is 2.70. The van der Waals surface area contributed by atoms with Gasteiger partial charge in [0.05, 0.1) is 12.8 Å². The van der Waals surface area contributed by atoms with E-state index in [9.17, 15) is 14.0 Å². The van der Waals surface area contributed by atoms with Gasteiger partial charge in [-0.1, -0.05) is 0 Å². The van der Waals surface area contributed by atoms with Crippen LogP contribution in [0.3, 0.4) is 0 Å². The van der Waals surface area contributed by atoms with Crippen LogP contribution in [-0.4, -0.2) is 22.8 Å². The number of hydrogen-bond donors (Lipinski definition) is 1. The molecule has 0 aliphatic heterocycles. The number of amides is 1. The van der Waals surface area contributed by atoms with Crippen LogP contribution in [0.25, 0.3) is 11.3 Å². The zero-order valence-corrected chi connectivity index (χ0v) is 14.0. The summed E-state index contributed by atoms with van der Waals surface area (Å²) in [5, 5.41) is 6.87. The van der Waals surface area contributed by atoms with Crippen LogP contribution in [0.4, 0.5) is 10.1 Å². The standard InChI is InChI=1S/C19H16FN3O3/c1-26-16-8-6-15(7-9-16)21-18(24)12-23-19(25)11-10-17(22-23)13-2-4-14(20)5-3-13/h2-11H,12H2,1H3,(H,21,24). The van der Waals surface area contributed by atoms with Crippen LogP contribution in [0.5, 0.6) is 5.75 Å². The lowest BCUT2D eigenvalue weighted by atomic mass is 10.1. The van der Waals surface area contributed by atoms with Crippen LogP contribution in [0, 0.1) is 5.82 Å². The van der Waals surface area contributed by atoms with Crippen LogP contribution in [-0.2, 0) is 11.3 Å². The summed E-state index contributed by atoms with van der Waals surface area (Å²) >= 11 is 0. The molecule has 0 bridgehead atoms. The minimum Gasteiger partial charge on any atom is -0.497 e. The molecule has 0 spiro atoms. The highest BCUT2D eigenvalue weighted by Gasteiger charge is 2.09. The third kappa shape index (κ3) is 4.13. The third-order valence-corrected chi connectivity index (χ3v) is 3.67. The maximum atomic E-state index is 13.0. The van der Waals surface area contributed by atoms with Gasteiger partial charge in [0.1, 0.15) is 18.1 Å². The number of halogens is 1. The molecule has 0 unspecified atom stereocenters. The van der Waals surface area contributed by atoms with Gasteiger partial charge in [-0.2, -0.15) is 5.10 Å². The average molecular weight is 353 g/mol. The molecule has 1 N–H and O–H groups in total. The fourth-order valence-corrected chi connectivity index (χ4v) is 2.35. The lowest BCUT2D eigenvalue weighted by Gasteiger charge is -2.09. The van der Waals surface area contributed by atoms with E-state index in [4.69, 9.17) is 4.74 Å². The Labute approximate surface area is 148 Å². The largest absolute Gasteiger partial charge is 0.497 e. The van der Waals surface area contributed by atoms with Gasteiger partial charge >= 0.3 is 0 Å². The van der Waals surface area contributed by atoms with Crippen LogP contribution in [0.15, 0.2) is 65.5 Å². The second-order valence-electron chi connectivity index (χ2n) is 5.50. The molecule has 132 valence electrons. The molecule has 1 heterocycles. The molecular weight excluding hydrogens is 337 g/mol. The van der Waals surface area contributed by atoms with Crippen molar-refractivity contribution in [3.8, 4) is 17.0 Å². The number of anilines is 1. The minimum absolute atomic E-state index is 0.236. The molecular formula is C19H16FN3O3. The zero-order valence-electron chi connectivity index (χ0n) is 14.0. The number of nitrogens with zero attached hydrogens (tertiary/aromatic N) is 2. The van der Waals surface area contributed by atoms with Crippen LogP contribution >= 0.6 is 0 Å². The molecule has 0 aliphatic rings. The van der Waals surface area contributed by atoms with Crippen molar-refractivity contribution in [3.63, 3.8) is 0 Å². The summed E-state index contributed by atoms with van der Waals surface area (Å²) in [6.07, 6.45) is 0. The molecule has 0 atom stereocenters. The van der Waals surface area contributed by atoms with E-state index in [1.807, 2.05) is 0 Å². The highest BCUT2D eigenvalue weighted by atomic mass is 19.1. The number of aromatic nitrogens is 2. The Morgan fingerprint density at radius 3 is 2.42 bits per heavy atom. The van der Waals surface area contributed by atoms with Gasteiger partial charge in [-0.15, -0.1) is 0 Å². The molecule has 1 aromatic heterocycles. The topological polar surface area (TPSA) is 73.2 Å². The van der Waals surface area contributed by atoms with E-state index in [0.717, 1.165) is 4.68 Å². The third-order valence-electron chi connectivity index (χ3n) is 3.67. The van der Waals surface area contributed by atoms with E-state index in [1.165, 1.54) is 24.3 Å². The van der Waals surface area contributed by atoms with E-state index in [1.54, 1.807) is 43.5 Å². The molecule has 3 aromatic rings. The van der Waals surface area contributed by atoms with E-state index < -0.39 is 5.56 Å². The van der Waals surface area contributed by atoms with Crippen molar-refractivity contribution in [1.82, 2.24) is 9.78 Å². The van der Waals surface area contributed by atoms with Gasteiger partial charge in [-0.3, -0.25) is 9.59 Å². The summed E-state index contributed by atoms with van der Waals surface area (Å²) in [5.41, 5.74) is 1.30. The first-order valence-corrected chi connectivity index (χ1v) is 7.83. The Morgan fingerprint density at radius 2 is 1.77 bits per heavy atom. The molecule has 6 nitrogen and oxygen atoms in total. The summed E-state index contributed by atoms with van der Waals surface area (Å²) in [4.78, 5) is 24.2. The number of ether oxygens (including phenoxy) is 1. The smallest absolute Gasteiger partial charge is 0.267 e. The Morgan fingerprint density at radius 1 is 1.08 bits per heavy atom. The molecule has 0 aliphatic carbocycles. The molecule has 0 fully saturated rings. The molecule has 0 saturated heterocycles. The molecule has 26 heavy (non-hydrogen) atoms. The number of rotatable bonds is 5. The predicted molar refractivity (Wildman–Crippen MR) is 95.5 cm³/mol. The SMILES string of the molecule is COc1ccc(NC(=O)Cn2nc(-c3ccc(F)cc3)ccc2=O)cc1. The number of benzene rings is 2. The first kappa shape index (κ1) is 17.3. The number of methoxy groups -OCH3 is 1. The van der Waals surface area contributed by atoms with Gasteiger partial charge in [-0.05, 0) is 54.6 Å². The number of hydrogen-bond acceptors (Lipinski definition) is 4. The van der Waals surface area contributed by atoms with E-state index in [2.05, 4.69) is 10.4 Å². The highest BCUT2D eigenvalue weighted by Crippen LogP contribution is 2.16. The summed E-state index contributed by atoms with van der Waals surface area (Å²) in [7, 11) is 1.56. The van der Waals surface area contributed by atoms with Gasteiger partial charge in [0, 0.05) is 17.3 Å². The fourth-order valence-electron chi connectivity index (χ4n) is 2.35. The molecule has 0 saturated carbocycles. The maximum absolute atomic E-state index is 13.0. The van der Waals surface area contributed by atoms with Gasteiger partial charge in [-0.25, -0.2) is 9.07 Å². The zero-order chi connectivity index (χ0) is 18.5. The summed E-state index contributed by atoms with van der Waals surface area (Å²) in [6.45, 7) is -0.236. The first-order valence-electron chi connectivity index (χ1n) is 7.83. The van der Waals surface area contributed by atoms with Crippen molar-refractivity contribution in [2.45, 2.75) is 6.54 Å². The first-order chi connectivity index (χ1) is 12.5. The second kappa shape index (κ2) is 7.60. The van der Waals surface area contributed by atoms with Crippen molar-refractivity contribution < 1.29 is 13.9 Å². The van der Waals surface area contributed by atoms with Crippen LogP contribution in [0.1, 0.15) is 0 Å². The molecule has 1 amide bonds. The fraction of sp³-hybridized carbons (Fsp3) is 0.105. The van der Waals surface area contributed by atoms with Crippen molar-refractivity contribution in [2.75, 3.05) is 12.4 Å². The van der Waals surface area contributed by atoms with Gasteiger partial charge in [0.15, 0.2) is 0 Å². The highest BCUT2D eigenvalue weighted by molar-refractivity contribution is 5.90. The number of carbonyl (C=O) groups excluding carboxylic acids is 1. The van der Waals surface area contributed by atoms with Crippen molar-refractivity contribution in [3.05, 3.63) is 76.8 Å². The lowest BCUT2D eigenvalue weighted by molar-refractivity contribution is -0.117. The Balaban J connectivity index is 1.75. The molecule has 0 radical (unpaired) electrons. The monoisotopic (exact) mass is 353 g/mol. The normalized spacial score (nSPS) is 10.4. The molecule has 7 heteroatoms.